The van der Waals surface area contributed by atoms with Gasteiger partial charge in [-0.25, -0.2) is 0 Å². The van der Waals surface area contributed by atoms with E-state index in [0.29, 0.717) is 0 Å². The minimum atomic E-state index is 1.12. The van der Waals surface area contributed by atoms with Crippen molar-refractivity contribution >= 4 is 5.57 Å². The summed E-state index contributed by atoms with van der Waals surface area (Å²) in [6, 6.07) is 10.4. The fourth-order valence-electron chi connectivity index (χ4n) is 2.11. The van der Waals surface area contributed by atoms with Gasteiger partial charge in [0.1, 0.15) is 0 Å². The number of benzene rings is 1. The Bertz CT molecular complexity index is 782. The molecule has 0 unspecified atom stereocenters. The summed E-state index contributed by atoms with van der Waals surface area (Å²) in [7, 11) is 0. The molecule has 1 rings (SSSR count). The van der Waals surface area contributed by atoms with E-state index >= 15 is 0 Å². The van der Waals surface area contributed by atoms with Gasteiger partial charge in [-0.15, -0.1) is 5.73 Å². The van der Waals surface area contributed by atoms with Crippen molar-refractivity contribution in [3.63, 3.8) is 0 Å². The molecule has 132 valence electrons. The first kappa shape index (κ1) is 21.0. The van der Waals surface area contributed by atoms with Crippen LogP contribution in [0.3, 0.4) is 0 Å². The smallest absolute Gasteiger partial charge is 0.0184 e. The van der Waals surface area contributed by atoms with Crippen LogP contribution in [0, 0.1) is 0 Å². The van der Waals surface area contributed by atoms with Crippen molar-refractivity contribution in [3.05, 3.63) is 132 Å². The lowest BCUT2D eigenvalue weighted by molar-refractivity contribution is 1.59. The van der Waals surface area contributed by atoms with Gasteiger partial charge in [-0.2, -0.15) is 0 Å². The molecule has 0 nitrogen and oxygen atoms in total. The van der Waals surface area contributed by atoms with Gasteiger partial charge in [0.05, 0.1) is 0 Å². The van der Waals surface area contributed by atoms with Crippen molar-refractivity contribution in [1.29, 1.82) is 0 Å². The van der Waals surface area contributed by atoms with Crippen LogP contribution in [-0.2, 0) is 0 Å². The fraction of sp³-hybridized carbons (Fsp3) is 0.115. The highest BCUT2D eigenvalue weighted by molar-refractivity contribution is 5.75. The van der Waals surface area contributed by atoms with Crippen LogP contribution in [0.1, 0.15) is 26.3 Å². The molecule has 0 atom stereocenters. The average Bonchev–Trinajstić information content (AvgIpc) is 2.68. The third-order valence-electron chi connectivity index (χ3n) is 3.37. The summed E-state index contributed by atoms with van der Waals surface area (Å²) < 4.78 is 0. The van der Waals surface area contributed by atoms with Gasteiger partial charge in [0.25, 0.3) is 0 Å². The lowest BCUT2D eigenvalue weighted by Crippen LogP contribution is -1.80. The predicted octanol–water partition coefficient (Wildman–Crippen LogP) is 7.55. The number of rotatable bonds is 8. The van der Waals surface area contributed by atoms with Crippen LogP contribution in [0.25, 0.3) is 5.57 Å². The van der Waals surface area contributed by atoms with E-state index in [4.69, 9.17) is 0 Å². The Morgan fingerprint density at radius 1 is 0.692 bits per heavy atom. The van der Waals surface area contributed by atoms with Crippen molar-refractivity contribution in [2.75, 3.05) is 0 Å². The van der Waals surface area contributed by atoms with Gasteiger partial charge in [0, 0.05) is 0 Å². The topological polar surface area (TPSA) is 0 Å². The van der Waals surface area contributed by atoms with Crippen LogP contribution in [0.5, 0.6) is 0 Å². The molecule has 0 aliphatic rings. The van der Waals surface area contributed by atoms with Gasteiger partial charge >= 0.3 is 0 Å². The van der Waals surface area contributed by atoms with Gasteiger partial charge in [-0.1, -0.05) is 97.2 Å². The van der Waals surface area contributed by atoms with E-state index in [0.717, 1.165) is 5.57 Å². The number of allylic oxidation sites excluding steroid dienone is 15. The van der Waals surface area contributed by atoms with Crippen LogP contribution < -0.4 is 0 Å². The fourth-order valence-corrected chi connectivity index (χ4v) is 2.11. The first-order valence-electron chi connectivity index (χ1n) is 8.91. The largest absolute Gasteiger partial charge is 0.121 e. The van der Waals surface area contributed by atoms with E-state index in [-0.39, 0.29) is 0 Å². The monoisotopic (exact) mass is 340 g/mol. The summed E-state index contributed by atoms with van der Waals surface area (Å²) in [5.74, 6) is 0. The maximum absolute atomic E-state index is 3.15. The van der Waals surface area contributed by atoms with Crippen molar-refractivity contribution < 1.29 is 0 Å². The summed E-state index contributed by atoms with van der Waals surface area (Å²) in [6.07, 6.45) is 28.4. The van der Waals surface area contributed by atoms with Crippen LogP contribution in [-0.4, -0.2) is 0 Å². The zero-order valence-electron chi connectivity index (χ0n) is 16.0. The van der Waals surface area contributed by atoms with E-state index < -0.39 is 0 Å². The highest BCUT2D eigenvalue weighted by Gasteiger charge is 1.95. The van der Waals surface area contributed by atoms with Crippen molar-refractivity contribution in [2.24, 2.45) is 0 Å². The summed E-state index contributed by atoms with van der Waals surface area (Å²) in [4.78, 5) is 0. The molecule has 0 saturated carbocycles. The molecular weight excluding hydrogens is 312 g/mol. The Labute approximate surface area is 159 Å². The highest BCUT2D eigenvalue weighted by atomic mass is 14.0. The van der Waals surface area contributed by atoms with Gasteiger partial charge in [-0.3, -0.25) is 0 Å². The zero-order valence-corrected chi connectivity index (χ0v) is 16.0. The molecular formula is C26H28. The molecule has 26 heavy (non-hydrogen) atoms. The molecule has 0 amide bonds. The molecule has 0 bridgehead atoms. The molecule has 0 aliphatic carbocycles. The van der Waals surface area contributed by atoms with Gasteiger partial charge in [0.2, 0.25) is 0 Å². The molecule has 1 aromatic carbocycles. The van der Waals surface area contributed by atoms with E-state index in [2.05, 4.69) is 66.5 Å². The minimum absolute atomic E-state index is 1.12. The molecule has 0 aliphatic heterocycles. The summed E-state index contributed by atoms with van der Waals surface area (Å²) in [5, 5.41) is 0. The second kappa shape index (κ2) is 14.3. The quantitative estimate of drug-likeness (QED) is 0.338. The zero-order chi connectivity index (χ0) is 18.9. The predicted molar refractivity (Wildman–Crippen MR) is 118 cm³/mol. The summed E-state index contributed by atoms with van der Waals surface area (Å²) in [6.45, 7) is 6.04. The van der Waals surface area contributed by atoms with E-state index in [1.165, 1.54) is 11.1 Å². The number of hydrogen-bond donors (Lipinski definition) is 0. The Kier molecular flexibility index (Phi) is 11.5. The van der Waals surface area contributed by atoms with E-state index in [1.54, 1.807) is 0 Å². The van der Waals surface area contributed by atoms with Crippen molar-refractivity contribution in [3.8, 4) is 0 Å². The van der Waals surface area contributed by atoms with Gasteiger partial charge in [-0.05, 0) is 55.7 Å². The normalized spacial score (nSPS) is 13.5. The van der Waals surface area contributed by atoms with E-state index in [9.17, 15) is 0 Å². The Hall–Kier alpha value is -3.08. The lowest BCUT2D eigenvalue weighted by atomic mass is 10.0. The Balaban J connectivity index is 3.02. The molecule has 1 aromatic rings. The van der Waals surface area contributed by atoms with Crippen molar-refractivity contribution in [1.82, 2.24) is 0 Å². The molecule has 0 aromatic heterocycles. The maximum atomic E-state index is 3.15. The summed E-state index contributed by atoms with van der Waals surface area (Å²) in [5.41, 5.74) is 6.64. The molecule has 0 heterocycles. The van der Waals surface area contributed by atoms with Gasteiger partial charge in [0.15, 0.2) is 0 Å². The third kappa shape index (κ3) is 9.27. The second-order valence-corrected chi connectivity index (χ2v) is 5.42. The molecule has 0 heteroatoms. The van der Waals surface area contributed by atoms with Crippen LogP contribution in [0.15, 0.2) is 127 Å². The van der Waals surface area contributed by atoms with Crippen LogP contribution in [0.4, 0.5) is 0 Å². The summed E-state index contributed by atoms with van der Waals surface area (Å²) >= 11 is 0. The van der Waals surface area contributed by atoms with Gasteiger partial charge < -0.3 is 0 Å². The molecule has 0 radical (unpaired) electrons. The molecule has 0 saturated heterocycles. The molecule has 0 fully saturated rings. The third-order valence-corrected chi connectivity index (χ3v) is 3.37. The first-order valence-corrected chi connectivity index (χ1v) is 8.91. The maximum Gasteiger partial charge on any atom is -0.0184 e. The van der Waals surface area contributed by atoms with Crippen LogP contribution >= 0.6 is 0 Å². The lowest BCUT2D eigenvalue weighted by Gasteiger charge is -2.02. The molecule has 0 N–H and O–H groups in total. The Morgan fingerprint density at radius 2 is 1.46 bits per heavy atom. The van der Waals surface area contributed by atoms with Crippen molar-refractivity contribution in [2.45, 2.75) is 20.8 Å². The SMILES string of the molecule is C/C=C\C=C/C=C=C/C=C(\C=C/C)/C=C\C(=C/C=C/C)c1ccccc1. The number of hydrogen-bond acceptors (Lipinski definition) is 0. The molecule has 0 spiro atoms. The highest BCUT2D eigenvalue weighted by Crippen LogP contribution is 2.17. The second-order valence-electron chi connectivity index (χ2n) is 5.42. The van der Waals surface area contributed by atoms with Crippen LogP contribution in [0.2, 0.25) is 0 Å². The average molecular weight is 341 g/mol. The first-order chi connectivity index (χ1) is 12.8. The standard InChI is InChI=1S/C26H28/c1-4-7-9-10-11-12-14-18-24(17-6-3)22-23-26(19-8-5-2)25-20-15-13-16-21-25/h4-11,13-23H,1-3H3/b7-4-,8-5+,10-9-,17-6-,23-22-,24-18+,26-19+. The minimum Gasteiger partial charge on any atom is -0.121 e. The van der Waals surface area contributed by atoms with E-state index in [1.807, 2.05) is 75.4 Å². The Morgan fingerprint density at radius 3 is 2.15 bits per heavy atom.